The second-order valence-corrected chi connectivity index (χ2v) is 5.60. The third-order valence-electron chi connectivity index (χ3n) is 2.77. The Morgan fingerprint density at radius 3 is 2.67 bits per heavy atom. The molecule has 21 heavy (non-hydrogen) atoms. The number of ether oxygens (including phenoxy) is 3. The van der Waals surface area contributed by atoms with Gasteiger partial charge in [0.1, 0.15) is 11.9 Å². The van der Waals surface area contributed by atoms with Crippen molar-refractivity contribution in [2.45, 2.75) is 17.1 Å². The van der Waals surface area contributed by atoms with E-state index in [0.29, 0.717) is 5.56 Å². The molecule has 7 heteroatoms. The summed E-state index contributed by atoms with van der Waals surface area (Å²) in [5.74, 6) is -1.46. The molecule has 2 atom stereocenters. The largest absolute Gasteiger partial charge is 0.469 e. The molecule has 0 N–H and O–H groups in total. The van der Waals surface area contributed by atoms with Crippen molar-refractivity contribution in [2.75, 3.05) is 13.7 Å². The number of thioether (sulfide) groups is 1. The molecule has 112 valence electrons. The van der Waals surface area contributed by atoms with Crippen LogP contribution in [0.2, 0.25) is 0 Å². The molecule has 0 saturated carbocycles. The summed E-state index contributed by atoms with van der Waals surface area (Å²) in [6.07, 6.45) is -0.0524. The molecule has 0 amide bonds. The number of carbonyl (C=O) groups is 3. The van der Waals surface area contributed by atoms with Gasteiger partial charge in [-0.3, -0.25) is 9.59 Å². The zero-order valence-corrected chi connectivity index (χ0v) is 12.1. The van der Waals surface area contributed by atoms with E-state index in [-0.39, 0.29) is 13.0 Å². The van der Waals surface area contributed by atoms with Gasteiger partial charge in [-0.25, -0.2) is 4.79 Å². The van der Waals surface area contributed by atoms with Crippen LogP contribution in [0.25, 0.3) is 0 Å². The van der Waals surface area contributed by atoms with Crippen molar-refractivity contribution >= 4 is 29.7 Å². The molecule has 0 spiro atoms. The fourth-order valence-electron chi connectivity index (χ4n) is 1.71. The van der Waals surface area contributed by atoms with E-state index in [1.807, 2.05) is 0 Å². The first-order valence-corrected chi connectivity index (χ1v) is 7.19. The molecule has 0 aliphatic carbocycles. The van der Waals surface area contributed by atoms with Crippen LogP contribution in [0.5, 0.6) is 0 Å². The zero-order chi connectivity index (χ0) is 15.2. The summed E-state index contributed by atoms with van der Waals surface area (Å²) < 4.78 is 14.6. The van der Waals surface area contributed by atoms with Gasteiger partial charge in [0.2, 0.25) is 0 Å². The molecule has 0 radical (unpaired) electrons. The number of benzene rings is 1. The number of carbonyl (C=O) groups excluding carboxylic acids is 3. The maximum absolute atomic E-state index is 11.7. The topological polar surface area (TPSA) is 78.9 Å². The van der Waals surface area contributed by atoms with Crippen LogP contribution < -0.4 is 0 Å². The summed E-state index contributed by atoms with van der Waals surface area (Å²) in [5.41, 5.74) is -0.169. The smallest absolute Gasteiger partial charge is 0.338 e. The summed E-state index contributed by atoms with van der Waals surface area (Å²) in [5, 5.41) is -0.613. The first kappa shape index (κ1) is 15.4. The molecule has 1 aliphatic heterocycles. The van der Waals surface area contributed by atoms with Crippen molar-refractivity contribution in [3.8, 4) is 0 Å². The number of cyclic esters (lactones) is 1. The van der Waals surface area contributed by atoms with Crippen LogP contribution in [0.15, 0.2) is 30.3 Å². The van der Waals surface area contributed by atoms with Crippen LogP contribution in [0.3, 0.4) is 0 Å². The van der Waals surface area contributed by atoms with E-state index in [0.717, 1.165) is 11.8 Å². The first-order valence-electron chi connectivity index (χ1n) is 6.25. The van der Waals surface area contributed by atoms with Crippen molar-refractivity contribution in [1.82, 2.24) is 0 Å². The van der Waals surface area contributed by atoms with E-state index in [9.17, 15) is 14.4 Å². The van der Waals surface area contributed by atoms with Crippen LogP contribution >= 0.6 is 11.8 Å². The van der Waals surface area contributed by atoms with Gasteiger partial charge in [0.25, 0.3) is 0 Å². The molecule has 1 saturated heterocycles. The number of esters is 3. The van der Waals surface area contributed by atoms with Gasteiger partial charge in [0.05, 0.1) is 19.1 Å². The van der Waals surface area contributed by atoms with Crippen molar-refractivity contribution in [2.24, 2.45) is 0 Å². The molecular formula is C14H14O6S. The Bertz CT molecular complexity index is 530. The zero-order valence-electron chi connectivity index (χ0n) is 11.3. The lowest BCUT2D eigenvalue weighted by molar-refractivity contribution is -0.148. The predicted octanol–water partition coefficient (Wildman–Crippen LogP) is 1.39. The Morgan fingerprint density at radius 2 is 2.00 bits per heavy atom. The minimum absolute atomic E-state index is 0.0524. The summed E-state index contributed by atoms with van der Waals surface area (Å²) in [4.78, 5) is 34.4. The van der Waals surface area contributed by atoms with Crippen LogP contribution in [-0.2, 0) is 23.8 Å². The minimum atomic E-state index is -0.613. The molecule has 2 unspecified atom stereocenters. The monoisotopic (exact) mass is 310 g/mol. The standard InChI is InChI=1S/C14H14O6S/c1-18-11(15)7-10-14(17)20-12(21-10)8-19-13(16)9-5-3-2-4-6-9/h2-6,10,12H,7-8H2,1H3. The summed E-state index contributed by atoms with van der Waals surface area (Å²) in [7, 11) is 1.26. The summed E-state index contributed by atoms with van der Waals surface area (Å²) in [6.45, 7) is -0.0538. The highest BCUT2D eigenvalue weighted by Crippen LogP contribution is 2.31. The lowest BCUT2D eigenvalue weighted by Crippen LogP contribution is -2.18. The second-order valence-electron chi connectivity index (χ2n) is 4.24. The maximum Gasteiger partial charge on any atom is 0.338 e. The van der Waals surface area contributed by atoms with E-state index in [1.54, 1.807) is 30.3 Å². The Morgan fingerprint density at radius 1 is 1.29 bits per heavy atom. The predicted molar refractivity (Wildman–Crippen MR) is 74.6 cm³/mol. The first-order chi connectivity index (χ1) is 10.1. The molecular weight excluding hydrogens is 296 g/mol. The van der Waals surface area contributed by atoms with E-state index < -0.39 is 28.6 Å². The molecule has 1 aromatic carbocycles. The minimum Gasteiger partial charge on any atom is -0.469 e. The van der Waals surface area contributed by atoms with Gasteiger partial charge < -0.3 is 14.2 Å². The molecule has 0 aromatic heterocycles. The van der Waals surface area contributed by atoms with Crippen molar-refractivity contribution < 1.29 is 28.6 Å². The Balaban J connectivity index is 1.81. The number of hydrogen-bond acceptors (Lipinski definition) is 7. The highest BCUT2D eigenvalue weighted by atomic mass is 32.2. The Hall–Kier alpha value is -2.02. The SMILES string of the molecule is COC(=O)CC1SC(COC(=O)c2ccccc2)OC1=O. The summed E-state index contributed by atoms with van der Waals surface area (Å²) >= 11 is 1.15. The average Bonchev–Trinajstić information content (AvgIpc) is 2.85. The van der Waals surface area contributed by atoms with Gasteiger partial charge in [-0.15, -0.1) is 0 Å². The van der Waals surface area contributed by atoms with Gasteiger partial charge in [-0.1, -0.05) is 30.0 Å². The Kier molecular flexibility index (Phi) is 5.21. The molecule has 1 aromatic rings. The highest BCUT2D eigenvalue weighted by Gasteiger charge is 2.37. The van der Waals surface area contributed by atoms with E-state index in [2.05, 4.69) is 4.74 Å². The van der Waals surface area contributed by atoms with Gasteiger partial charge in [-0.05, 0) is 12.1 Å². The van der Waals surface area contributed by atoms with Crippen LogP contribution in [0, 0.1) is 0 Å². The lowest BCUT2D eigenvalue weighted by Gasteiger charge is -2.09. The van der Waals surface area contributed by atoms with Crippen LogP contribution in [-0.4, -0.2) is 42.3 Å². The number of methoxy groups -OCH3 is 1. The van der Waals surface area contributed by atoms with Crippen molar-refractivity contribution in [3.63, 3.8) is 0 Å². The Labute approximate surface area is 125 Å². The highest BCUT2D eigenvalue weighted by molar-refractivity contribution is 8.01. The third-order valence-corrected chi connectivity index (χ3v) is 3.99. The van der Waals surface area contributed by atoms with E-state index in [1.165, 1.54) is 7.11 Å². The van der Waals surface area contributed by atoms with Gasteiger partial charge in [0, 0.05) is 0 Å². The third kappa shape index (κ3) is 4.22. The molecule has 2 rings (SSSR count). The van der Waals surface area contributed by atoms with E-state index in [4.69, 9.17) is 9.47 Å². The fraction of sp³-hybridized carbons (Fsp3) is 0.357. The molecule has 6 nitrogen and oxygen atoms in total. The van der Waals surface area contributed by atoms with Gasteiger partial charge >= 0.3 is 17.9 Å². The second kappa shape index (κ2) is 7.12. The van der Waals surface area contributed by atoms with Crippen LogP contribution in [0.1, 0.15) is 16.8 Å². The molecule has 1 fully saturated rings. The number of hydrogen-bond donors (Lipinski definition) is 0. The molecule has 0 bridgehead atoms. The average molecular weight is 310 g/mol. The fourth-order valence-corrected chi connectivity index (χ4v) is 2.78. The normalized spacial score (nSPS) is 20.7. The van der Waals surface area contributed by atoms with Gasteiger partial charge in [0.15, 0.2) is 5.44 Å². The van der Waals surface area contributed by atoms with Crippen LogP contribution in [0.4, 0.5) is 0 Å². The summed E-state index contributed by atoms with van der Waals surface area (Å²) in [6, 6.07) is 8.52. The lowest BCUT2D eigenvalue weighted by atomic mass is 10.2. The van der Waals surface area contributed by atoms with Crippen molar-refractivity contribution in [3.05, 3.63) is 35.9 Å². The molecule has 1 aliphatic rings. The number of rotatable bonds is 5. The van der Waals surface area contributed by atoms with Crippen molar-refractivity contribution in [1.29, 1.82) is 0 Å². The maximum atomic E-state index is 11.7. The molecule has 1 heterocycles. The van der Waals surface area contributed by atoms with Gasteiger partial charge in [-0.2, -0.15) is 0 Å². The quantitative estimate of drug-likeness (QED) is 0.600. The van der Waals surface area contributed by atoms with E-state index >= 15 is 0 Å².